The molecule has 1 saturated heterocycles. The molecular formula is C21H24N4O5. The maximum atomic E-state index is 12.8. The fraction of sp³-hybridized carbons (Fsp3) is 0.381. The molecular weight excluding hydrogens is 388 g/mol. The first-order chi connectivity index (χ1) is 14.3. The van der Waals surface area contributed by atoms with Crippen LogP contribution in [0, 0.1) is 20.2 Å². The molecule has 1 amide bonds. The summed E-state index contributed by atoms with van der Waals surface area (Å²) in [6.45, 7) is 5.46. The van der Waals surface area contributed by atoms with E-state index in [1.54, 1.807) is 24.3 Å². The number of non-ortho nitro benzene ring substituents is 2. The van der Waals surface area contributed by atoms with Crippen molar-refractivity contribution in [2.75, 3.05) is 32.7 Å². The number of carbonyl (C=O) groups is 1. The van der Waals surface area contributed by atoms with E-state index in [9.17, 15) is 25.0 Å². The van der Waals surface area contributed by atoms with Gasteiger partial charge in [0.05, 0.1) is 15.8 Å². The Morgan fingerprint density at radius 1 is 0.900 bits per heavy atom. The second-order valence-electron chi connectivity index (χ2n) is 7.41. The quantitative estimate of drug-likeness (QED) is 0.511. The highest BCUT2D eigenvalue weighted by Crippen LogP contribution is 2.22. The van der Waals surface area contributed by atoms with Gasteiger partial charge in [-0.2, -0.15) is 0 Å². The van der Waals surface area contributed by atoms with Crippen molar-refractivity contribution in [1.29, 1.82) is 0 Å². The van der Waals surface area contributed by atoms with Gasteiger partial charge in [-0.25, -0.2) is 0 Å². The number of nitrogens with zero attached hydrogens (tertiary/aromatic N) is 4. The van der Waals surface area contributed by atoms with Crippen LogP contribution in [0.2, 0.25) is 0 Å². The predicted molar refractivity (Wildman–Crippen MR) is 111 cm³/mol. The number of hydrogen-bond donors (Lipinski definition) is 0. The van der Waals surface area contributed by atoms with Crippen LogP contribution in [0.5, 0.6) is 0 Å². The Kier molecular flexibility index (Phi) is 6.73. The third-order valence-corrected chi connectivity index (χ3v) is 5.52. The second kappa shape index (κ2) is 9.45. The van der Waals surface area contributed by atoms with E-state index in [1.807, 2.05) is 11.8 Å². The number of nitro groups is 2. The minimum atomic E-state index is -0.452. The van der Waals surface area contributed by atoms with Crippen LogP contribution >= 0.6 is 0 Å². The smallest absolute Gasteiger partial charge is 0.269 e. The molecule has 1 aliphatic heterocycles. The van der Waals surface area contributed by atoms with Crippen LogP contribution in [0.1, 0.15) is 24.0 Å². The molecule has 0 radical (unpaired) electrons. The summed E-state index contributed by atoms with van der Waals surface area (Å²) >= 11 is 0. The summed E-state index contributed by atoms with van der Waals surface area (Å²) in [5.41, 5.74) is 1.92. The van der Waals surface area contributed by atoms with Crippen molar-refractivity contribution in [3.05, 3.63) is 79.9 Å². The number of amides is 1. The molecule has 1 atom stereocenters. The van der Waals surface area contributed by atoms with E-state index in [4.69, 9.17) is 0 Å². The zero-order valence-corrected chi connectivity index (χ0v) is 16.8. The van der Waals surface area contributed by atoms with E-state index in [2.05, 4.69) is 4.90 Å². The van der Waals surface area contributed by atoms with Crippen LogP contribution in [-0.4, -0.2) is 58.3 Å². The van der Waals surface area contributed by atoms with Crippen molar-refractivity contribution in [1.82, 2.24) is 9.80 Å². The number of piperazine rings is 1. The molecule has 30 heavy (non-hydrogen) atoms. The van der Waals surface area contributed by atoms with Crippen molar-refractivity contribution in [2.45, 2.75) is 19.3 Å². The standard InChI is InChI=1S/C21H24N4O5/c1-16(18-4-8-20(9-5-18)25(29)30)21(26)23-14-12-22(13-15-23)11-10-17-2-6-19(7-3-17)24(27)28/h2-9,16H,10-15H2,1H3. The summed E-state index contributed by atoms with van der Waals surface area (Å²) in [5, 5.41) is 21.5. The van der Waals surface area contributed by atoms with Gasteiger partial charge in [0.15, 0.2) is 0 Å². The molecule has 0 aliphatic carbocycles. The Labute approximate surface area is 174 Å². The molecule has 9 nitrogen and oxygen atoms in total. The number of benzene rings is 2. The third kappa shape index (κ3) is 5.18. The number of hydrogen-bond acceptors (Lipinski definition) is 6. The highest BCUT2D eigenvalue weighted by atomic mass is 16.6. The van der Waals surface area contributed by atoms with E-state index < -0.39 is 9.85 Å². The number of rotatable bonds is 7. The molecule has 1 unspecified atom stereocenters. The molecule has 1 aliphatic rings. The van der Waals surface area contributed by atoms with Gasteiger partial charge in [0.1, 0.15) is 0 Å². The fourth-order valence-electron chi connectivity index (χ4n) is 3.56. The summed E-state index contributed by atoms with van der Waals surface area (Å²) in [7, 11) is 0. The third-order valence-electron chi connectivity index (χ3n) is 5.52. The molecule has 0 N–H and O–H groups in total. The topological polar surface area (TPSA) is 110 Å². The second-order valence-corrected chi connectivity index (χ2v) is 7.41. The summed E-state index contributed by atoms with van der Waals surface area (Å²) < 4.78 is 0. The van der Waals surface area contributed by atoms with Crippen molar-refractivity contribution in [3.63, 3.8) is 0 Å². The van der Waals surface area contributed by atoms with Gasteiger partial charge in [0.25, 0.3) is 11.4 Å². The predicted octanol–water partition coefficient (Wildman–Crippen LogP) is 2.99. The zero-order valence-electron chi connectivity index (χ0n) is 16.8. The summed E-state index contributed by atoms with van der Waals surface area (Å²) in [4.78, 5) is 37.6. The van der Waals surface area contributed by atoms with Gasteiger partial charge < -0.3 is 4.90 Å². The molecule has 0 aromatic heterocycles. The largest absolute Gasteiger partial charge is 0.340 e. The van der Waals surface area contributed by atoms with Crippen molar-refractivity contribution in [2.24, 2.45) is 0 Å². The van der Waals surface area contributed by atoms with Crippen LogP contribution in [0.4, 0.5) is 11.4 Å². The van der Waals surface area contributed by atoms with Gasteiger partial charge in [-0.1, -0.05) is 24.3 Å². The molecule has 0 saturated carbocycles. The van der Waals surface area contributed by atoms with Crippen LogP contribution in [0.15, 0.2) is 48.5 Å². The molecule has 3 rings (SSSR count). The SMILES string of the molecule is CC(C(=O)N1CCN(CCc2ccc([N+](=O)[O-])cc2)CC1)c1ccc([N+](=O)[O-])cc1. The van der Waals surface area contributed by atoms with Gasteiger partial charge in [0, 0.05) is 57.0 Å². The summed E-state index contributed by atoms with van der Waals surface area (Å²) in [6.07, 6.45) is 0.797. The lowest BCUT2D eigenvalue weighted by molar-refractivity contribution is -0.385. The van der Waals surface area contributed by atoms with E-state index in [-0.39, 0.29) is 23.2 Å². The Morgan fingerprint density at radius 2 is 1.40 bits per heavy atom. The molecule has 2 aromatic rings. The van der Waals surface area contributed by atoms with E-state index in [0.717, 1.165) is 37.2 Å². The minimum absolute atomic E-state index is 0.0139. The van der Waals surface area contributed by atoms with Crippen LogP contribution in [0.25, 0.3) is 0 Å². The normalized spacial score (nSPS) is 15.6. The highest BCUT2D eigenvalue weighted by Gasteiger charge is 2.26. The minimum Gasteiger partial charge on any atom is -0.340 e. The lowest BCUT2D eigenvalue weighted by Crippen LogP contribution is -2.50. The highest BCUT2D eigenvalue weighted by molar-refractivity contribution is 5.83. The van der Waals surface area contributed by atoms with Crippen LogP contribution in [0.3, 0.4) is 0 Å². The Bertz CT molecular complexity index is 906. The van der Waals surface area contributed by atoms with Crippen molar-refractivity contribution in [3.8, 4) is 0 Å². The van der Waals surface area contributed by atoms with E-state index in [0.29, 0.717) is 13.1 Å². The Morgan fingerprint density at radius 3 is 1.90 bits per heavy atom. The van der Waals surface area contributed by atoms with Crippen LogP contribution in [-0.2, 0) is 11.2 Å². The molecule has 1 heterocycles. The number of nitro benzene ring substituents is 2. The molecule has 0 spiro atoms. The Balaban J connectivity index is 1.47. The molecule has 2 aromatic carbocycles. The lowest BCUT2D eigenvalue weighted by atomic mass is 9.99. The zero-order chi connectivity index (χ0) is 21.7. The monoisotopic (exact) mass is 412 g/mol. The van der Waals surface area contributed by atoms with Crippen molar-refractivity contribution < 1.29 is 14.6 Å². The van der Waals surface area contributed by atoms with Crippen LogP contribution < -0.4 is 0 Å². The average Bonchev–Trinajstić information content (AvgIpc) is 2.77. The van der Waals surface area contributed by atoms with Gasteiger partial charge in [-0.05, 0) is 24.5 Å². The lowest BCUT2D eigenvalue weighted by Gasteiger charge is -2.36. The first-order valence-electron chi connectivity index (χ1n) is 9.84. The molecule has 1 fully saturated rings. The molecule has 0 bridgehead atoms. The van der Waals surface area contributed by atoms with Gasteiger partial charge in [-0.15, -0.1) is 0 Å². The molecule has 158 valence electrons. The van der Waals surface area contributed by atoms with Gasteiger partial charge in [-0.3, -0.25) is 29.9 Å². The molecule has 9 heteroatoms. The maximum absolute atomic E-state index is 12.8. The maximum Gasteiger partial charge on any atom is 0.269 e. The first-order valence-corrected chi connectivity index (χ1v) is 9.84. The number of carbonyl (C=O) groups excluding carboxylic acids is 1. The fourth-order valence-corrected chi connectivity index (χ4v) is 3.56. The Hall–Kier alpha value is -3.33. The van der Waals surface area contributed by atoms with Gasteiger partial charge in [0.2, 0.25) is 5.91 Å². The first kappa shape index (κ1) is 21.4. The van der Waals surface area contributed by atoms with Crippen molar-refractivity contribution >= 4 is 17.3 Å². The van der Waals surface area contributed by atoms with E-state index >= 15 is 0 Å². The average molecular weight is 412 g/mol. The van der Waals surface area contributed by atoms with E-state index in [1.165, 1.54) is 24.3 Å². The summed E-state index contributed by atoms with van der Waals surface area (Å²) in [6, 6.07) is 12.7. The summed E-state index contributed by atoms with van der Waals surface area (Å²) in [5.74, 6) is -0.323. The van der Waals surface area contributed by atoms with Gasteiger partial charge >= 0.3 is 0 Å².